The smallest absolute Gasteiger partial charge is 0.291 e. The molecular weight excluding hydrogens is 232 g/mol. The number of carbonyl (C=O) groups excluding carboxylic acids is 1. The first-order valence-electron chi connectivity index (χ1n) is 6.09. The van der Waals surface area contributed by atoms with Gasteiger partial charge >= 0.3 is 0 Å². The van der Waals surface area contributed by atoms with Gasteiger partial charge in [0.15, 0.2) is 0 Å². The molecule has 0 saturated heterocycles. The average Bonchev–Trinajstić information content (AvgIpc) is 2.75. The van der Waals surface area contributed by atoms with E-state index < -0.39 is 5.60 Å². The number of aliphatic hydroxyl groups is 1. The van der Waals surface area contributed by atoms with Crippen LogP contribution in [0.3, 0.4) is 0 Å². The Morgan fingerprint density at radius 3 is 2.44 bits per heavy atom. The van der Waals surface area contributed by atoms with E-state index in [0.29, 0.717) is 12.2 Å². The molecule has 0 aromatic carbocycles. The lowest BCUT2D eigenvalue weighted by Gasteiger charge is -2.20. The van der Waals surface area contributed by atoms with Crippen LogP contribution in [0.2, 0.25) is 0 Å². The van der Waals surface area contributed by atoms with Gasteiger partial charge < -0.3 is 10.4 Å². The number of carbonyl (C=O) groups is 1. The SMILES string of the molecule is CCC(C)(O)CNC(=O)c1n[nH]c(C(C)(C)C)n1. The molecule has 0 aliphatic heterocycles. The molecule has 0 saturated carbocycles. The number of hydrogen-bond acceptors (Lipinski definition) is 4. The lowest BCUT2D eigenvalue weighted by molar-refractivity contribution is 0.0515. The van der Waals surface area contributed by atoms with E-state index in [2.05, 4.69) is 20.5 Å². The molecule has 0 bridgehead atoms. The molecule has 18 heavy (non-hydrogen) atoms. The van der Waals surface area contributed by atoms with Crippen molar-refractivity contribution in [2.75, 3.05) is 6.54 Å². The second-order valence-corrected chi connectivity index (χ2v) is 5.79. The third kappa shape index (κ3) is 3.80. The minimum absolute atomic E-state index is 0.104. The van der Waals surface area contributed by atoms with Gasteiger partial charge in [0.05, 0.1) is 5.60 Å². The number of hydrogen-bond donors (Lipinski definition) is 3. The zero-order valence-corrected chi connectivity index (χ0v) is 11.7. The first-order chi connectivity index (χ1) is 8.15. The highest BCUT2D eigenvalue weighted by Gasteiger charge is 2.23. The van der Waals surface area contributed by atoms with E-state index in [9.17, 15) is 9.90 Å². The first kappa shape index (κ1) is 14.6. The lowest BCUT2D eigenvalue weighted by Crippen LogP contribution is -2.40. The Morgan fingerprint density at radius 1 is 1.39 bits per heavy atom. The number of aromatic nitrogens is 3. The summed E-state index contributed by atoms with van der Waals surface area (Å²) in [5.41, 5.74) is -1.08. The molecular formula is C12H22N4O2. The second-order valence-electron chi connectivity index (χ2n) is 5.79. The predicted molar refractivity (Wildman–Crippen MR) is 68.3 cm³/mol. The summed E-state index contributed by atoms with van der Waals surface area (Å²) in [7, 11) is 0. The molecule has 0 aliphatic carbocycles. The topological polar surface area (TPSA) is 90.9 Å². The van der Waals surface area contributed by atoms with Gasteiger partial charge in [-0.1, -0.05) is 27.7 Å². The molecule has 3 N–H and O–H groups in total. The van der Waals surface area contributed by atoms with Crippen LogP contribution in [0.25, 0.3) is 0 Å². The molecule has 1 aromatic heterocycles. The standard InChI is InChI=1S/C12H22N4O2/c1-6-12(5,18)7-13-9(17)8-14-10(16-15-8)11(2,3)4/h18H,6-7H2,1-5H3,(H,13,17)(H,14,15,16). The number of amides is 1. The van der Waals surface area contributed by atoms with E-state index in [1.165, 1.54) is 0 Å². The van der Waals surface area contributed by atoms with Crippen molar-refractivity contribution in [3.8, 4) is 0 Å². The van der Waals surface area contributed by atoms with Gasteiger partial charge in [0.25, 0.3) is 5.91 Å². The molecule has 1 atom stereocenters. The van der Waals surface area contributed by atoms with Crippen molar-refractivity contribution in [2.24, 2.45) is 0 Å². The number of rotatable bonds is 4. The van der Waals surface area contributed by atoms with E-state index in [4.69, 9.17) is 0 Å². The van der Waals surface area contributed by atoms with E-state index in [1.54, 1.807) is 6.92 Å². The summed E-state index contributed by atoms with van der Waals surface area (Å²) < 4.78 is 0. The molecule has 0 spiro atoms. The zero-order valence-electron chi connectivity index (χ0n) is 11.7. The molecule has 1 amide bonds. The fourth-order valence-corrected chi connectivity index (χ4v) is 1.17. The number of nitrogens with zero attached hydrogens (tertiary/aromatic N) is 2. The lowest BCUT2D eigenvalue weighted by atomic mass is 9.96. The van der Waals surface area contributed by atoms with E-state index >= 15 is 0 Å². The fourth-order valence-electron chi connectivity index (χ4n) is 1.17. The summed E-state index contributed by atoms with van der Waals surface area (Å²) in [5, 5.41) is 19.0. The molecule has 1 aromatic rings. The van der Waals surface area contributed by atoms with Crippen molar-refractivity contribution in [1.82, 2.24) is 20.5 Å². The minimum Gasteiger partial charge on any atom is -0.388 e. The highest BCUT2D eigenvalue weighted by atomic mass is 16.3. The van der Waals surface area contributed by atoms with Crippen LogP contribution in [0.1, 0.15) is 57.5 Å². The molecule has 0 aliphatic rings. The number of nitrogens with one attached hydrogen (secondary N) is 2. The Bertz CT molecular complexity index is 418. The largest absolute Gasteiger partial charge is 0.388 e. The molecule has 0 fully saturated rings. The normalized spacial score (nSPS) is 15.2. The van der Waals surface area contributed by atoms with Crippen LogP contribution >= 0.6 is 0 Å². The highest BCUT2D eigenvalue weighted by Crippen LogP contribution is 2.17. The van der Waals surface area contributed by atoms with Crippen molar-refractivity contribution in [3.63, 3.8) is 0 Å². The minimum atomic E-state index is -0.904. The first-order valence-corrected chi connectivity index (χ1v) is 6.09. The maximum absolute atomic E-state index is 11.8. The van der Waals surface area contributed by atoms with E-state index in [0.717, 1.165) is 0 Å². The summed E-state index contributed by atoms with van der Waals surface area (Å²) in [6, 6.07) is 0. The Morgan fingerprint density at radius 2 is 2.00 bits per heavy atom. The van der Waals surface area contributed by atoms with Gasteiger partial charge in [-0.05, 0) is 13.3 Å². The summed E-state index contributed by atoms with van der Waals surface area (Å²) in [4.78, 5) is 15.9. The third-order valence-corrected chi connectivity index (χ3v) is 2.79. The van der Waals surface area contributed by atoms with Crippen LogP contribution in [0.15, 0.2) is 0 Å². The maximum Gasteiger partial charge on any atom is 0.291 e. The molecule has 6 nitrogen and oxygen atoms in total. The van der Waals surface area contributed by atoms with Gasteiger partial charge in [0, 0.05) is 12.0 Å². The molecule has 1 unspecified atom stereocenters. The predicted octanol–water partition coefficient (Wildman–Crippen LogP) is 0.993. The van der Waals surface area contributed by atoms with Crippen LogP contribution in [0, 0.1) is 0 Å². The molecule has 0 radical (unpaired) electrons. The molecule has 1 heterocycles. The van der Waals surface area contributed by atoms with Gasteiger partial charge in [-0.25, -0.2) is 4.98 Å². The van der Waals surface area contributed by atoms with Crippen LogP contribution in [-0.2, 0) is 5.41 Å². The van der Waals surface area contributed by atoms with Crippen molar-refractivity contribution >= 4 is 5.91 Å². The summed E-state index contributed by atoms with van der Waals surface area (Å²) in [6.45, 7) is 9.66. The zero-order chi connectivity index (χ0) is 14.0. The van der Waals surface area contributed by atoms with Crippen molar-refractivity contribution < 1.29 is 9.90 Å². The van der Waals surface area contributed by atoms with E-state index in [1.807, 2.05) is 27.7 Å². The van der Waals surface area contributed by atoms with Crippen molar-refractivity contribution in [3.05, 3.63) is 11.6 Å². The Hall–Kier alpha value is -1.43. The Balaban J connectivity index is 2.66. The quantitative estimate of drug-likeness (QED) is 0.747. The fraction of sp³-hybridized carbons (Fsp3) is 0.750. The van der Waals surface area contributed by atoms with Gasteiger partial charge in [-0.15, -0.1) is 5.10 Å². The Labute approximate surface area is 107 Å². The highest BCUT2D eigenvalue weighted by molar-refractivity contribution is 5.90. The summed E-state index contributed by atoms with van der Waals surface area (Å²) in [6.07, 6.45) is 0.564. The molecule has 6 heteroatoms. The van der Waals surface area contributed by atoms with Gasteiger partial charge in [0.2, 0.25) is 5.82 Å². The van der Waals surface area contributed by atoms with Crippen molar-refractivity contribution in [1.29, 1.82) is 0 Å². The maximum atomic E-state index is 11.8. The number of aromatic amines is 1. The summed E-state index contributed by atoms with van der Waals surface area (Å²) in [5.74, 6) is 0.386. The number of H-pyrrole nitrogens is 1. The molecule has 102 valence electrons. The van der Waals surface area contributed by atoms with Crippen molar-refractivity contribution in [2.45, 2.75) is 52.1 Å². The average molecular weight is 254 g/mol. The molecule has 1 rings (SSSR count). The van der Waals surface area contributed by atoms with Crippen LogP contribution < -0.4 is 5.32 Å². The van der Waals surface area contributed by atoms with Gasteiger partial charge in [-0.2, -0.15) is 0 Å². The van der Waals surface area contributed by atoms with E-state index in [-0.39, 0.29) is 23.7 Å². The van der Waals surface area contributed by atoms with Crippen LogP contribution in [-0.4, -0.2) is 38.3 Å². The third-order valence-electron chi connectivity index (χ3n) is 2.79. The van der Waals surface area contributed by atoms with Gasteiger partial charge in [-0.3, -0.25) is 9.89 Å². The van der Waals surface area contributed by atoms with Crippen LogP contribution in [0.5, 0.6) is 0 Å². The second kappa shape index (κ2) is 5.06. The monoisotopic (exact) mass is 254 g/mol. The summed E-state index contributed by atoms with van der Waals surface area (Å²) >= 11 is 0. The Kier molecular flexibility index (Phi) is 4.11. The van der Waals surface area contributed by atoms with Crippen LogP contribution in [0.4, 0.5) is 0 Å². The van der Waals surface area contributed by atoms with Gasteiger partial charge in [0.1, 0.15) is 5.82 Å².